The van der Waals surface area contributed by atoms with Crippen molar-refractivity contribution in [2.75, 3.05) is 13.1 Å². The molecule has 10 nitrogen and oxygen atoms in total. The first-order valence-electron chi connectivity index (χ1n) is 11.4. The second-order valence-electron chi connectivity index (χ2n) is 9.35. The molecule has 2 amide bonds. The number of hydrogen-bond acceptors (Lipinski definition) is 6. The molecule has 2 aliphatic carbocycles. The summed E-state index contributed by atoms with van der Waals surface area (Å²) in [6.07, 6.45) is 3.25. The van der Waals surface area contributed by atoms with Crippen molar-refractivity contribution >= 4 is 21.8 Å². The zero-order valence-corrected chi connectivity index (χ0v) is 19.7. The molecule has 0 spiro atoms. The maximum absolute atomic E-state index is 13.3. The molecule has 0 unspecified atom stereocenters. The summed E-state index contributed by atoms with van der Waals surface area (Å²) >= 11 is 0. The predicted molar refractivity (Wildman–Crippen MR) is 122 cm³/mol. The van der Waals surface area contributed by atoms with Gasteiger partial charge in [0.2, 0.25) is 10.0 Å². The molecule has 0 saturated heterocycles. The van der Waals surface area contributed by atoms with E-state index < -0.39 is 14.8 Å². The molecule has 34 heavy (non-hydrogen) atoms. The van der Waals surface area contributed by atoms with Crippen LogP contribution in [0.2, 0.25) is 0 Å². The van der Waals surface area contributed by atoms with Crippen LogP contribution in [-0.4, -0.2) is 58.8 Å². The van der Waals surface area contributed by atoms with E-state index in [0.29, 0.717) is 42.6 Å². The molecule has 1 aromatic heterocycles. The first kappa shape index (κ1) is 22.6. The summed E-state index contributed by atoms with van der Waals surface area (Å²) in [7, 11) is -1.87. The van der Waals surface area contributed by atoms with E-state index in [1.54, 1.807) is 36.2 Å². The minimum Gasteiger partial charge on any atom is -0.347 e. The summed E-state index contributed by atoms with van der Waals surface area (Å²) in [5.41, 5.74) is 2.52. The second kappa shape index (κ2) is 8.21. The van der Waals surface area contributed by atoms with Crippen LogP contribution in [0.4, 0.5) is 0 Å². The Labute approximate surface area is 198 Å². The third-order valence-electron chi connectivity index (χ3n) is 6.77. The van der Waals surface area contributed by atoms with Crippen LogP contribution < -0.4 is 10.0 Å². The fourth-order valence-electron chi connectivity index (χ4n) is 4.41. The lowest BCUT2D eigenvalue weighted by atomic mass is 10.0. The van der Waals surface area contributed by atoms with Crippen LogP contribution in [0.25, 0.3) is 0 Å². The van der Waals surface area contributed by atoms with Gasteiger partial charge in [0.05, 0.1) is 11.6 Å². The van der Waals surface area contributed by atoms with Crippen molar-refractivity contribution in [3.63, 3.8) is 0 Å². The lowest BCUT2D eigenvalue weighted by Crippen LogP contribution is -2.49. The van der Waals surface area contributed by atoms with Gasteiger partial charge in [-0.2, -0.15) is 10.4 Å². The fourth-order valence-corrected chi connectivity index (χ4v) is 6.30. The maximum atomic E-state index is 13.3. The molecule has 1 aromatic carbocycles. The quantitative estimate of drug-likeness (QED) is 0.572. The Morgan fingerprint density at radius 3 is 2.59 bits per heavy atom. The zero-order valence-electron chi connectivity index (χ0n) is 18.9. The van der Waals surface area contributed by atoms with Crippen molar-refractivity contribution in [3.8, 4) is 6.07 Å². The first-order valence-corrected chi connectivity index (χ1v) is 12.9. The number of fused-ring (bicyclic) bond motifs is 1. The third-order valence-corrected chi connectivity index (χ3v) is 9.10. The minimum atomic E-state index is -3.49. The van der Waals surface area contributed by atoms with Gasteiger partial charge in [0, 0.05) is 38.3 Å². The van der Waals surface area contributed by atoms with Crippen LogP contribution in [-0.2, 0) is 30.0 Å². The highest BCUT2D eigenvalue weighted by Gasteiger charge is 2.57. The van der Waals surface area contributed by atoms with Crippen LogP contribution in [0.3, 0.4) is 0 Å². The monoisotopic (exact) mass is 482 g/mol. The van der Waals surface area contributed by atoms with Gasteiger partial charge in [-0.3, -0.25) is 14.3 Å². The minimum absolute atomic E-state index is 0.0357. The molecular weight excluding hydrogens is 456 g/mol. The highest BCUT2D eigenvalue weighted by atomic mass is 32.2. The van der Waals surface area contributed by atoms with Gasteiger partial charge in [-0.05, 0) is 49.8 Å². The van der Waals surface area contributed by atoms with Gasteiger partial charge in [-0.15, -0.1) is 0 Å². The fraction of sp³-hybridized carbons (Fsp3) is 0.478. The van der Waals surface area contributed by atoms with Crippen LogP contribution >= 0.6 is 0 Å². The molecule has 3 aliphatic rings. The topological polar surface area (TPSA) is 137 Å². The Morgan fingerprint density at radius 1 is 1.26 bits per heavy atom. The van der Waals surface area contributed by atoms with Crippen molar-refractivity contribution in [2.45, 2.75) is 49.4 Å². The standard InChI is InChI=1S/C23H26N6O4S/c1-28-20-18(19(26-28)21(30)25-13-16-4-2-15(12-24)3-5-16)8-11-29(22(20)31)14-23(9-10-23)34(32,33)27-17-6-7-17/h2-5,17,27H,6-11,13-14H2,1H3,(H,25,30). The lowest BCUT2D eigenvalue weighted by Gasteiger charge is -2.31. The Balaban J connectivity index is 1.28. The number of benzene rings is 1. The number of carbonyl (C=O) groups is 2. The van der Waals surface area contributed by atoms with E-state index in [1.165, 1.54) is 4.68 Å². The molecule has 2 fully saturated rings. The van der Waals surface area contributed by atoms with Crippen molar-refractivity contribution in [3.05, 3.63) is 52.3 Å². The summed E-state index contributed by atoms with van der Waals surface area (Å²) < 4.78 is 28.9. The van der Waals surface area contributed by atoms with Crippen molar-refractivity contribution in [1.29, 1.82) is 5.26 Å². The molecule has 1 aliphatic heterocycles. The summed E-state index contributed by atoms with van der Waals surface area (Å²) in [5, 5.41) is 16.0. The number of rotatable bonds is 8. The third kappa shape index (κ3) is 4.08. The highest BCUT2D eigenvalue weighted by molar-refractivity contribution is 7.91. The number of nitrogens with one attached hydrogen (secondary N) is 2. The van der Waals surface area contributed by atoms with Crippen LogP contribution in [0.5, 0.6) is 0 Å². The number of sulfonamides is 1. The molecule has 0 bridgehead atoms. The number of amides is 2. The highest BCUT2D eigenvalue weighted by Crippen LogP contribution is 2.45. The Kier molecular flexibility index (Phi) is 5.45. The molecule has 2 aromatic rings. The average Bonchev–Trinajstić information content (AvgIpc) is 3.74. The molecule has 0 radical (unpaired) electrons. The largest absolute Gasteiger partial charge is 0.347 e. The predicted octanol–water partition coefficient (Wildman–Crippen LogP) is 0.834. The van der Waals surface area contributed by atoms with E-state index in [9.17, 15) is 18.0 Å². The molecule has 178 valence electrons. The van der Waals surface area contributed by atoms with E-state index in [1.807, 2.05) is 0 Å². The normalized spacial score (nSPS) is 18.8. The molecular formula is C23H26N6O4S. The Morgan fingerprint density at radius 2 is 1.97 bits per heavy atom. The van der Waals surface area contributed by atoms with E-state index in [-0.39, 0.29) is 36.6 Å². The number of nitrogens with zero attached hydrogens (tertiary/aromatic N) is 4. The van der Waals surface area contributed by atoms with E-state index in [2.05, 4.69) is 21.2 Å². The molecule has 5 rings (SSSR count). The molecule has 2 N–H and O–H groups in total. The average molecular weight is 483 g/mol. The van der Waals surface area contributed by atoms with Gasteiger partial charge >= 0.3 is 0 Å². The summed E-state index contributed by atoms with van der Waals surface area (Å²) in [6, 6.07) is 9.00. The van der Waals surface area contributed by atoms with Crippen LogP contribution in [0.15, 0.2) is 24.3 Å². The number of aryl methyl sites for hydroxylation is 1. The van der Waals surface area contributed by atoms with E-state index in [0.717, 1.165) is 18.4 Å². The molecule has 0 atom stereocenters. The first-order chi connectivity index (χ1) is 16.2. The second-order valence-corrected chi connectivity index (χ2v) is 11.5. The SMILES string of the molecule is Cn1nc(C(=O)NCc2ccc(C#N)cc2)c2c1C(=O)N(CC1(S(=O)(=O)NC3CC3)CC1)CC2. The van der Waals surface area contributed by atoms with Crippen molar-refractivity contribution < 1.29 is 18.0 Å². The van der Waals surface area contributed by atoms with Crippen LogP contribution in [0.1, 0.15) is 63.4 Å². The molecule has 2 saturated carbocycles. The lowest BCUT2D eigenvalue weighted by molar-refractivity contribution is 0.0724. The van der Waals surface area contributed by atoms with Crippen molar-refractivity contribution in [1.82, 2.24) is 24.7 Å². The van der Waals surface area contributed by atoms with Gasteiger partial charge in [-0.25, -0.2) is 13.1 Å². The summed E-state index contributed by atoms with van der Waals surface area (Å²) in [5.74, 6) is -0.673. The van der Waals surface area contributed by atoms with Crippen LogP contribution in [0, 0.1) is 11.3 Å². The smallest absolute Gasteiger partial charge is 0.272 e. The van der Waals surface area contributed by atoms with Crippen molar-refractivity contribution in [2.24, 2.45) is 7.05 Å². The summed E-state index contributed by atoms with van der Waals surface area (Å²) in [6.45, 7) is 0.761. The number of hydrogen-bond donors (Lipinski definition) is 2. The van der Waals surface area contributed by atoms with E-state index >= 15 is 0 Å². The number of carbonyl (C=O) groups excluding carboxylic acids is 2. The number of aromatic nitrogens is 2. The summed E-state index contributed by atoms with van der Waals surface area (Å²) in [4.78, 5) is 27.7. The van der Waals surface area contributed by atoms with Gasteiger partial charge in [0.1, 0.15) is 10.4 Å². The molecule has 2 heterocycles. The van der Waals surface area contributed by atoms with Gasteiger partial charge in [0.15, 0.2) is 5.69 Å². The van der Waals surface area contributed by atoms with E-state index in [4.69, 9.17) is 5.26 Å². The number of nitriles is 1. The zero-order chi connectivity index (χ0) is 24.1. The maximum Gasteiger partial charge on any atom is 0.272 e. The van der Waals surface area contributed by atoms with Gasteiger partial charge < -0.3 is 10.2 Å². The molecule has 11 heteroatoms. The Bertz CT molecular complexity index is 1300. The Hall–Kier alpha value is -3.23. The van der Waals surface area contributed by atoms with Gasteiger partial charge in [-0.1, -0.05) is 12.1 Å². The van der Waals surface area contributed by atoms with Gasteiger partial charge in [0.25, 0.3) is 11.8 Å².